The molecule has 0 unspecified atom stereocenters. The predicted molar refractivity (Wildman–Crippen MR) is 79.0 cm³/mol. The molecule has 0 saturated carbocycles. The Bertz CT molecular complexity index is 469. The molecule has 0 spiro atoms. The Morgan fingerprint density at radius 1 is 1.06 bits per heavy atom. The van der Waals surface area contributed by atoms with Gasteiger partial charge in [-0.25, -0.2) is 0 Å². The van der Waals surface area contributed by atoms with Gasteiger partial charge in [0.2, 0.25) is 0 Å². The van der Waals surface area contributed by atoms with E-state index in [-0.39, 0.29) is 0 Å². The van der Waals surface area contributed by atoms with Crippen LogP contribution < -0.4 is 15.8 Å². The summed E-state index contributed by atoms with van der Waals surface area (Å²) in [5.74, 6) is 0.848. The Labute approximate surface area is 115 Å². The van der Waals surface area contributed by atoms with Crippen molar-refractivity contribution >= 4 is 27.3 Å². The van der Waals surface area contributed by atoms with Gasteiger partial charge in [0.25, 0.3) is 0 Å². The van der Waals surface area contributed by atoms with Crippen LogP contribution >= 0.6 is 15.9 Å². The second-order valence-electron chi connectivity index (χ2n) is 3.79. The van der Waals surface area contributed by atoms with E-state index in [1.807, 2.05) is 48.5 Å². The standard InChI is InChI=1S/C14H15BrN2O/c15-11-5-1-4-8-14(11)18-10-9-17-13-7-3-2-6-12(13)16/h1-8,17H,9-10,16H2. The molecule has 3 N–H and O–H groups in total. The van der Waals surface area contributed by atoms with Gasteiger partial charge in [-0.15, -0.1) is 0 Å². The zero-order valence-corrected chi connectivity index (χ0v) is 11.5. The fraction of sp³-hybridized carbons (Fsp3) is 0.143. The van der Waals surface area contributed by atoms with Crippen molar-refractivity contribution in [3.8, 4) is 5.75 Å². The summed E-state index contributed by atoms with van der Waals surface area (Å²) in [6.07, 6.45) is 0. The van der Waals surface area contributed by atoms with Crippen LogP contribution in [0.5, 0.6) is 5.75 Å². The SMILES string of the molecule is Nc1ccccc1NCCOc1ccccc1Br. The monoisotopic (exact) mass is 306 g/mol. The highest BCUT2D eigenvalue weighted by atomic mass is 79.9. The number of nitrogens with one attached hydrogen (secondary N) is 1. The van der Waals surface area contributed by atoms with Gasteiger partial charge < -0.3 is 15.8 Å². The van der Waals surface area contributed by atoms with Gasteiger partial charge in [-0.1, -0.05) is 24.3 Å². The van der Waals surface area contributed by atoms with Crippen molar-refractivity contribution in [2.45, 2.75) is 0 Å². The van der Waals surface area contributed by atoms with Crippen LogP contribution in [0.25, 0.3) is 0 Å². The number of nitrogen functional groups attached to an aromatic ring is 1. The van der Waals surface area contributed by atoms with E-state index in [2.05, 4.69) is 21.2 Å². The lowest BCUT2D eigenvalue weighted by Crippen LogP contribution is -2.12. The highest BCUT2D eigenvalue weighted by Crippen LogP contribution is 2.23. The molecule has 18 heavy (non-hydrogen) atoms. The summed E-state index contributed by atoms with van der Waals surface area (Å²) in [6.45, 7) is 1.28. The van der Waals surface area contributed by atoms with Crippen molar-refractivity contribution in [3.05, 3.63) is 53.0 Å². The number of ether oxygens (including phenoxy) is 1. The van der Waals surface area contributed by atoms with Crippen LogP contribution in [0.2, 0.25) is 0 Å². The van der Waals surface area contributed by atoms with Gasteiger partial charge in [0.05, 0.1) is 15.8 Å². The van der Waals surface area contributed by atoms with Crippen LogP contribution in [0.1, 0.15) is 0 Å². The fourth-order valence-electron chi connectivity index (χ4n) is 1.57. The third kappa shape index (κ3) is 3.40. The van der Waals surface area contributed by atoms with Crippen LogP contribution in [-0.4, -0.2) is 13.2 Å². The van der Waals surface area contributed by atoms with Gasteiger partial charge in [0.15, 0.2) is 0 Å². The first-order valence-electron chi connectivity index (χ1n) is 5.73. The van der Waals surface area contributed by atoms with Gasteiger partial charge in [-0.2, -0.15) is 0 Å². The molecular weight excluding hydrogens is 292 g/mol. The average molecular weight is 307 g/mol. The number of hydrogen-bond acceptors (Lipinski definition) is 3. The van der Waals surface area contributed by atoms with Crippen LogP contribution in [0.3, 0.4) is 0 Å². The molecule has 2 rings (SSSR count). The summed E-state index contributed by atoms with van der Waals surface area (Å²) in [4.78, 5) is 0. The molecule has 2 aromatic carbocycles. The van der Waals surface area contributed by atoms with Crippen LogP contribution in [-0.2, 0) is 0 Å². The van der Waals surface area contributed by atoms with E-state index in [4.69, 9.17) is 10.5 Å². The molecule has 0 bridgehead atoms. The van der Waals surface area contributed by atoms with Gasteiger partial charge in [0.1, 0.15) is 12.4 Å². The normalized spacial score (nSPS) is 10.1. The van der Waals surface area contributed by atoms with Crippen LogP contribution in [0, 0.1) is 0 Å². The number of benzene rings is 2. The van der Waals surface area contributed by atoms with E-state index in [1.165, 1.54) is 0 Å². The third-order valence-electron chi connectivity index (χ3n) is 2.47. The smallest absolute Gasteiger partial charge is 0.133 e. The number of hydrogen-bond donors (Lipinski definition) is 2. The molecule has 94 valence electrons. The molecule has 0 aromatic heterocycles. The molecule has 2 aromatic rings. The van der Waals surface area contributed by atoms with E-state index in [0.717, 1.165) is 21.6 Å². The molecule has 0 aliphatic carbocycles. The zero-order valence-electron chi connectivity index (χ0n) is 9.90. The Morgan fingerprint density at radius 3 is 2.56 bits per heavy atom. The maximum atomic E-state index is 5.83. The molecule has 0 aliphatic rings. The number of para-hydroxylation sites is 3. The number of anilines is 2. The number of rotatable bonds is 5. The van der Waals surface area contributed by atoms with E-state index < -0.39 is 0 Å². The summed E-state index contributed by atoms with van der Waals surface area (Å²) < 4.78 is 6.61. The predicted octanol–water partition coefficient (Wildman–Crippen LogP) is 3.52. The van der Waals surface area contributed by atoms with E-state index in [9.17, 15) is 0 Å². The molecule has 0 fully saturated rings. The molecular formula is C14H15BrN2O. The average Bonchev–Trinajstić information content (AvgIpc) is 2.38. The lowest BCUT2D eigenvalue weighted by Gasteiger charge is -2.11. The molecule has 3 nitrogen and oxygen atoms in total. The topological polar surface area (TPSA) is 47.3 Å². The molecule has 0 heterocycles. The van der Waals surface area contributed by atoms with E-state index in [1.54, 1.807) is 0 Å². The Morgan fingerprint density at radius 2 is 1.78 bits per heavy atom. The lowest BCUT2D eigenvalue weighted by molar-refractivity contribution is 0.331. The minimum absolute atomic E-state index is 0.580. The van der Waals surface area contributed by atoms with E-state index in [0.29, 0.717) is 13.2 Å². The van der Waals surface area contributed by atoms with Crippen LogP contribution in [0.4, 0.5) is 11.4 Å². The maximum Gasteiger partial charge on any atom is 0.133 e. The van der Waals surface area contributed by atoms with Crippen molar-refractivity contribution in [3.63, 3.8) is 0 Å². The van der Waals surface area contributed by atoms with E-state index >= 15 is 0 Å². The number of nitrogens with two attached hydrogens (primary N) is 1. The van der Waals surface area contributed by atoms with Crippen molar-refractivity contribution < 1.29 is 4.74 Å². The van der Waals surface area contributed by atoms with Crippen molar-refractivity contribution in [1.82, 2.24) is 0 Å². The van der Waals surface area contributed by atoms with Crippen molar-refractivity contribution in [1.29, 1.82) is 0 Å². The Hall–Kier alpha value is -1.68. The van der Waals surface area contributed by atoms with Crippen molar-refractivity contribution in [2.75, 3.05) is 24.2 Å². The zero-order chi connectivity index (χ0) is 12.8. The first-order chi connectivity index (χ1) is 8.77. The molecule has 0 amide bonds. The quantitative estimate of drug-likeness (QED) is 0.656. The summed E-state index contributed by atoms with van der Waals surface area (Å²) in [6, 6.07) is 15.5. The molecule has 0 radical (unpaired) electrons. The molecule has 0 saturated heterocycles. The minimum Gasteiger partial charge on any atom is -0.491 e. The van der Waals surface area contributed by atoms with Gasteiger partial charge >= 0.3 is 0 Å². The third-order valence-corrected chi connectivity index (χ3v) is 3.13. The molecule has 4 heteroatoms. The summed E-state index contributed by atoms with van der Waals surface area (Å²) in [5, 5.41) is 3.24. The highest BCUT2D eigenvalue weighted by molar-refractivity contribution is 9.10. The Balaban J connectivity index is 1.80. The van der Waals surface area contributed by atoms with Gasteiger partial charge in [-0.05, 0) is 40.2 Å². The molecule has 0 aliphatic heterocycles. The second kappa shape index (κ2) is 6.31. The Kier molecular flexibility index (Phi) is 4.47. The van der Waals surface area contributed by atoms with Gasteiger partial charge in [-0.3, -0.25) is 0 Å². The maximum absolute atomic E-state index is 5.83. The highest BCUT2D eigenvalue weighted by Gasteiger charge is 1.99. The first-order valence-corrected chi connectivity index (χ1v) is 6.52. The largest absolute Gasteiger partial charge is 0.491 e. The minimum atomic E-state index is 0.580. The van der Waals surface area contributed by atoms with Crippen LogP contribution in [0.15, 0.2) is 53.0 Å². The van der Waals surface area contributed by atoms with Crippen molar-refractivity contribution in [2.24, 2.45) is 0 Å². The number of halogens is 1. The fourth-order valence-corrected chi connectivity index (χ4v) is 1.97. The molecule has 0 atom stereocenters. The summed E-state index contributed by atoms with van der Waals surface area (Å²) in [7, 11) is 0. The summed E-state index contributed by atoms with van der Waals surface area (Å²) in [5.41, 5.74) is 7.51. The summed E-state index contributed by atoms with van der Waals surface area (Å²) >= 11 is 3.44. The lowest BCUT2D eigenvalue weighted by atomic mass is 10.3. The second-order valence-corrected chi connectivity index (χ2v) is 4.65. The van der Waals surface area contributed by atoms with Gasteiger partial charge in [0, 0.05) is 6.54 Å². The first kappa shape index (κ1) is 12.8.